The number of likely N-dealkylation sites (N-methyl/N-ethyl adjacent to an activating group) is 1. The van der Waals surface area contributed by atoms with Gasteiger partial charge in [0.25, 0.3) is 0 Å². The van der Waals surface area contributed by atoms with Crippen LogP contribution in [0, 0.1) is 0 Å². The van der Waals surface area contributed by atoms with Crippen LogP contribution in [0.4, 0.5) is 0 Å². The van der Waals surface area contributed by atoms with Gasteiger partial charge in [-0.1, -0.05) is 6.92 Å². The van der Waals surface area contributed by atoms with Gasteiger partial charge in [0.15, 0.2) is 5.78 Å². The average Bonchev–Trinajstić information content (AvgIpc) is 2.52. The van der Waals surface area contributed by atoms with Gasteiger partial charge in [0.2, 0.25) is 0 Å². The Morgan fingerprint density at radius 2 is 2.27 bits per heavy atom. The molecule has 0 atom stereocenters. The molecular weight excluding hydrogens is 192 g/mol. The van der Waals surface area contributed by atoms with Crippen molar-refractivity contribution in [3.8, 4) is 0 Å². The zero-order chi connectivity index (χ0) is 11.5. The predicted molar refractivity (Wildman–Crippen MR) is 57.5 cm³/mol. The largest absolute Gasteiger partial charge is 0.306 e. The van der Waals surface area contributed by atoms with Crippen molar-refractivity contribution in [2.75, 3.05) is 6.54 Å². The van der Waals surface area contributed by atoms with Crippen LogP contribution < -0.4 is 5.32 Å². The van der Waals surface area contributed by atoms with E-state index >= 15 is 0 Å². The molecule has 5 heteroatoms. The molecule has 1 aromatic rings. The molecule has 0 fully saturated rings. The summed E-state index contributed by atoms with van der Waals surface area (Å²) in [7, 11) is 1.79. The van der Waals surface area contributed by atoms with Crippen molar-refractivity contribution < 1.29 is 4.79 Å². The minimum Gasteiger partial charge on any atom is -0.306 e. The molecule has 15 heavy (non-hydrogen) atoms. The lowest BCUT2D eigenvalue weighted by Crippen LogP contribution is -2.47. The van der Waals surface area contributed by atoms with Gasteiger partial charge in [0.05, 0.1) is 12.0 Å². The zero-order valence-electron chi connectivity index (χ0n) is 9.74. The van der Waals surface area contributed by atoms with Crippen molar-refractivity contribution in [2.24, 2.45) is 7.05 Å². The summed E-state index contributed by atoms with van der Waals surface area (Å²) in [4.78, 5) is 16.0. The third-order valence-corrected chi connectivity index (χ3v) is 2.44. The number of nitrogens with one attached hydrogen (secondary N) is 1. The molecule has 1 heterocycles. The molecule has 5 nitrogen and oxygen atoms in total. The van der Waals surface area contributed by atoms with E-state index in [9.17, 15) is 4.79 Å². The Morgan fingerprint density at radius 3 is 2.73 bits per heavy atom. The molecule has 0 aliphatic heterocycles. The minimum atomic E-state index is -0.499. The Morgan fingerprint density at radius 1 is 1.60 bits per heavy atom. The van der Waals surface area contributed by atoms with Crippen molar-refractivity contribution in [1.82, 2.24) is 20.1 Å². The molecule has 0 aromatic carbocycles. The second kappa shape index (κ2) is 4.53. The highest BCUT2D eigenvalue weighted by Gasteiger charge is 2.26. The first kappa shape index (κ1) is 11.8. The average molecular weight is 210 g/mol. The van der Waals surface area contributed by atoms with Crippen LogP contribution in [0.5, 0.6) is 0 Å². The van der Waals surface area contributed by atoms with E-state index in [0.29, 0.717) is 12.2 Å². The first-order valence-electron chi connectivity index (χ1n) is 5.08. The highest BCUT2D eigenvalue weighted by Crippen LogP contribution is 2.07. The first-order valence-corrected chi connectivity index (χ1v) is 5.08. The second-order valence-electron chi connectivity index (χ2n) is 4.06. The maximum Gasteiger partial charge on any atom is 0.159 e. The van der Waals surface area contributed by atoms with Crippen molar-refractivity contribution in [3.63, 3.8) is 0 Å². The molecular formula is C10H18N4O. The van der Waals surface area contributed by atoms with Gasteiger partial charge in [0.1, 0.15) is 12.2 Å². The number of Topliss-reactive ketones (excluding diaryl/α,β-unsaturated/α-hetero) is 1. The lowest BCUT2D eigenvalue weighted by atomic mass is 9.96. The summed E-state index contributed by atoms with van der Waals surface area (Å²) in [5.74, 6) is 0.825. The van der Waals surface area contributed by atoms with E-state index in [-0.39, 0.29) is 5.78 Å². The fourth-order valence-corrected chi connectivity index (χ4v) is 1.39. The van der Waals surface area contributed by atoms with Gasteiger partial charge in [-0.25, -0.2) is 4.98 Å². The van der Waals surface area contributed by atoms with Crippen LogP contribution in [0.25, 0.3) is 0 Å². The summed E-state index contributed by atoms with van der Waals surface area (Å²) >= 11 is 0. The number of carbonyl (C=O) groups excluding carboxylic acids is 1. The number of hydrogen-bond donors (Lipinski definition) is 1. The molecule has 0 spiro atoms. The van der Waals surface area contributed by atoms with Gasteiger partial charge in [-0.05, 0) is 20.4 Å². The lowest BCUT2D eigenvalue weighted by Gasteiger charge is -2.23. The van der Waals surface area contributed by atoms with Crippen molar-refractivity contribution >= 4 is 5.78 Å². The van der Waals surface area contributed by atoms with Crippen LogP contribution in [0.2, 0.25) is 0 Å². The summed E-state index contributed by atoms with van der Waals surface area (Å²) in [5, 5.41) is 7.08. The summed E-state index contributed by atoms with van der Waals surface area (Å²) < 4.78 is 1.62. The predicted octanol–water partition coefficient (Wildman–Crippen LogP) is 0.315. The SMILES string of the molecule is CCNC(C)(C)C(=O)Cc1ncnn1C. The lowest BCUT2D eigenvalue weighted by molar-refractivity contribution is -0.123. The molecule has 0 amide bonds. The molecule has 0 aliphatic rings. The number of hydrogen-bond acceptors (Lipinski definition) is 4. The second-order valence-corrected chi connectivity index (χ2v) is 4.06. The first-order chi connectivity index (χ1) is 6.97. The van der Waals surface area contributed by atoms with E-state index in [1.165, 1.54) is 6.33 Å². The minimum absolute atomic E-state index is 0.125. The van der Waals surface area contributed by atoms with Crippen LogP contribution in [-0.4, -0.2) is 32.6 Å². The summed E-state index contributed by atoms with van der Waals surface area (Å²) in [6.07, 6.45) is 1.78. The highest BCUT2D eigenvalue weighted by atomic mass is 16.1. The monoisotopic (exact) mass is 210 g/mol. The molecule has 1 N–H and O–H groups in total. The van der Waals surface area contributed by atoms with Gasteiger partial charge >= 0.3 is 0 Å². The molecule has 84 valence electrons. The molecule has 0 aliphatic carbocycles. The van der Waals surface area contributed by atoms with Gasteiger partial charge in [-0.15, -0.1) is 0 Å². The van der Waals surface area contributed by atoms with Crippen molar-refractivity contribution in [1.29, 1.82) is 0 Å². The van der Waals surface area contributed by atoms with E-state index in [4.69, 9.17) is 0 Å². The van der Waals surface area contributed by atoms with Crippen LogP contribution in [0.1, 0.15) is 26.6 Å². The zero-order valence-corrected chi connectivity index (χ0v) is 9.74. The van der Waals surface area contributed by atoms with E-state index < -0.39 is 5.54 Å². The quantitative estimate of drug-likeness (QED) is 0.760. The Bertz CT molecular complexity index is 343. The van der Waals surface area contributed by atoms with Crippen LogP contribution in [-0.2, 0) is 18.3 Å². The highest BCUT2D eigenvalue weighted by molar-refractivity contribution is 5.88. The fraction of sp³-hybridized carbons (Fsp3) is 0.700. The summed E-state index contributed by atoms with van der Waals surface area (Å²) in [6.45, 7) is 6.53. The smallest absolute Gasteiger partial charge is 0.159 e. The van der Waals surface area contributed by atoms with Crippen LogP contribution in [0.3, 0.4) is 0 Å². The van der Waals surface area contributed by atoms with Crippen LogP contribution in [0.15, 0.2) is 6.33 Å². The number of aromatic nitrogens is 3. The van der Waals surface area contributed by atoms with Gasteiger partial charge in [-0.3, -0.25) is 9.48 Å². The number of ketones is 1. The normalized spacial score (nSPS) is 11.7. The molecule has 0 saturated carbocycles. The Kier molecular flexibility index (Phi) is 3.57. The molecule has 0 radical (unpaired) electrons. The number of nitrogens with zero attached hydrogens (tertiary/aromatic N) is 3. The van der Waals surface area contributed by atoms with Gasteiger partial charge in [-0.2, -0.15) is 5.10 Å². The number of aryl methyl sites for hydroxylation is 1. The van der Waals surface area contributed by atoms with E-state index in [1.807, 2.05) is 20.8 Å². The van der Waals surface area contributed by atoms with Gasteiger partial charge in [0, 0.05) is 7.05 Å². The summed E-state index contributed by atoms with van der Waals surface area (Å²) in [6, 6.07) is 0. The molecule has 1 aromatic heterocycles. The van der Waals surface area contributed by atoms with Gasteiger partial charge < -0.3 is 5.32 Å². The third-order valence-electron chi connectivity index (χ3n) is 2.44. The maximum atomic E-state index is 11.9. The maximum absolute atomic E-state index is 11.9. The Labute approximate surface area is 89.9 Å². The Balaban J connectivity index is 2.67. The number of rotatable bonds is 5. The molecule has 0 bridgehead atoms. The van der Waals surface area contributed by atoms with Crippen molar-refractivity contribution in [3.05, 3.63) is 12.2 Å². The number of carbonyl (C=O) groups is 1. The van der Waals surface area contributed by atoms with Crippen LogP contribution >= 0.6 is 0 Å². The molecule has 1 rings (SSSR count). The van der Waals surface area contributed by atoms with E-state index in [1.54, 1.807) is 11.7 Å². The van der Waals surface area contributed by atoms with E-state index in [2.05, 4.69) is 15.4 Å². The standard InChI is InChI=1S/C10H18N4O/c1-5-12-10(2,3)8(15)6-9-11-7-13-14(9)4/h7,12H,5-6H2,1-4H3. The third kappa shape index (κ3) is 2.86. The van der Waals surface area contributed by atoms with Crippen molar-refractivity contribution in [2.45, 2.75) is 32.7 Å². The summed E-state index contributed by atoms with van der Waals surface area (Å²) in [5.41, 5.74) is -0.499. The van der Waals surface area contributed by atoms with E-state index in [0.717, 1.165) is 6.54 Å². The molecule has 0 unspecified atom stereocenters. The fourth-order valence-electron chi connectivity index (χ4n) is 1.39. The topological polar surface area (TPSA) is 59.8 Å². The molecule has 0 saturated heterocycles. The Hall–Kier alpha value is -1.23.